The number of carboxylic acids is 1. The highest BCUT2D eigenvalue weighted by atomic mass is 16.4. The van der Waals surface area contributed by atoms with Crippen LogP contribution in [0, 0.1) is 0 Å². The molecule has 0 aromatic carbocycles. The number of hydrogen-bond acceptors (Lipinski definition) is 4. The second kappa shape index (κ2) is 7.07. The van der Waals surface area contributed by atoms with Crippen LogP contribution >= 0.6 is 0 Å². The Balaban J connectivity index is 4.18. The Kier molecular flexibility index (Phi) is 6.12. The zero-order valence-corrected chi connectivity index (χ0v) is 9.38. The van der Waals surface area contributed by atoms with Crippen molar-refractivity contribution in [1.82, 2.24) is 10.6 Å². The van der Waals surface area contributed by atoms with Crippen LogP contribution in [-0.4, -0.2) is 41.5 Å². The summed E-state index contributed by atoms with van der Waals surface area (Å²) in [5.41, 5.74) is 7.97. The summed E-state index contributed by atoms with van der Waals surface area (Å²) in [4.78, 5) is 35.3. The molecule has 0 fully saturated rings. The van der Waals surface area contributed by atoms with Crippen molar-refractivity contribution in [1.29, 1.82) is 0 Å². The minimum atomic E-state index is -1.18. The van der Waals surface area contributed by atoms with Gasteiger partial charge in [0.2, 0.25) is 11.8 Å². The first kappa shape index (κ1) is 14.7. The van der Waals surface area contributed by atoms with Crippen LogP contribution in [0.1, 0.15) is 13.8 Å². The van der Waals surface area contributed by atoms with E-state index in [1.54, 1.807) is 0 Å². The number of nitrogens with one attached hydrogen (secondary N) is 2. The van der Waals surface area contributed by atoms with Gasteiger partial charge in [-0.3, -0.25) is 14.4 Å². The summed E-state index contributed by atoms with van der Waals surface area (Å²) in [6.45, 7) is 2.27. The van der Waals surface area contributed by atoms with Gasteiger partial charge in [-0.25, -0.2) is 0 Å². The molecule has 0 aliphatic rings. The van der Waals surface area contributed by atoms with Crippen molar-refractivity contribution in [2.75, 3.05) is 6.54 Å². The smallest absolute Gasteiger partial charge is 0.325 e. The van der Waals surface area contributed by atoms with Crippen molar-refractivity contribution >= 4 is 17.8 Å². The van der Waals surface area contributed by atoms with Crippen LogP contribution in [0.3, 0.4) is 0 Å². The Morgan fingerprint density at radius 2 is 1.88 bits per heavy atom. The van der Waals surface area contributed by atoms with E-state index in [-0.39, 0.29) is 0 Å². The maximum atomic E-state index is 11.4. The van der Waals surface area contributed by atoms with Gasteiger partial charge in [0.05, 0.1) is 0 Å². The number of amides is 2. The van der Waals surface area contributed by atoms with E-state index in [0.29, 0.717) is 0 Å². The van der Waals surface area contributed by atoms with Crippen LogP contribution < -0.4 is 10.6 Å². The average Bonchev–Trinajstić information content (AvgIpc) is 2.25. The molecule has 0 aliphatic heterocycles. The van der Waals surface area contributed by atoms with E-state index in [1.165, 1.54) is 13.8 Å². The molecule has 0 bridgehead atoms. The Morgan fingerprint density at radius 1 is 1.29 bits per heavy atom. The second-order valence-corrected chi connectivity index (χ2v) is 3.25. The Bertz CT molecular complexity index is 363. The lowest BCUT2D eigenvalue weighted by atomic mass is 10.2. The summed E-state index contributed by atoms with van der Waals surface area (Å²) in [7, 11) is 0. The summed E-state index contributed by atoms with van der Waals surface area (Å²) < 4.78 is 0. The summed E-state index contributed by atoms with van der Waals surface area (Å²) in [6, 6.07) is -1.95. The molecule has 9 heteroatoms. The monoisotopic (exact) mass is 243 g/mol. The number of nitrogens with zero attached hydrogens (tertiary/aromatic N) is 3. The lowest BCUT2D eigenvalue weighted by molar-refractivity contribution is -0.141. The zero-order valence-electron chi connectivity index (χ0n) is 9.38. The van der Waals surface area contributed by atoms with E-state index in [2.05, 4.69) is 20.7 Å². The van der Waals surface area contributed by atoms with Crippen molar-refractivity contribution in [3.63, 3.8) is 0 Å². The molecule has 2 amide bonds. The minimum absolute atomic E-state index is 0.414. The molecule has 94 valence electrons. The molecule has 17 heavy (non-hydrogen) atoms. The third-order valence-electron chi connectivity index (χ3n) is 1.78. The summed E-state index contributed by atoms with van der Waals surface area (Å²) in [5, 5.41) is 16.0. The van der Waals surface area contributed by atoms with Gasteiger partial charge in [-0.15, -0.1) is 0 Å². The molecule has 0 aromatic heterocycles. The molecule has 3 N–H and O–H groups in total. The highest BCUT2D eigenvalue weighted by Gasteiger charge is 2.19. The highest BCUT2D eigenvalue weighted by Crippen LogP contribution is 1.87. The van der Waals surface area contributed by atoms with E-state index in [9.17, 15) is 14.4 Å². The first-order valence-electron chi connectivity index (χ1n) is 4.72. The molecule has 0 spiro atoms. The van der Waals surface area contributed by atoms with Crippen molar-refractivity contribution in [2.45, 2.75) is 25.9 Å². The number of hydrogen-bond donors (Lipinski definition) is 3. The molecule has 0 radical (unpaired) electrons. The van der Waals surface area contributed by atoms with E-state index < -0.39 is 36.4 Å². The Hall–Kier alpha value is -2.28. The summed E-state index contributed by atoms with van der Waals surface area (Å²) in [6.07, 6.45) is 0. The molecular weight excluding hydrogens is 230 g/mol. The maximum Gasteiger partial charge on any atom is 0.325 e. The SMILES string of the molecule is C[C@@H](NC(=O)[C@@H](C)NC(=O)CN=[N+]=[N-])C(=O)O. The molecule has 0 unspecified atom stereocenters. The van der Waals surface area contributed by atoms with Crippen LogP contribution in [0.4, 0.5) is 0 Å². The third kappa shape index (κ3) is 6.00. The van der Waals surface area contributed by atoms with Gasteiger partial charge >= 0.3 is 5.97 Å². The number of rotatable bonds is 6. The number of aliphatic carboxylic acids is 1. The van der Waals surface area contributed by atoms with Crippen molar-refractivity contribution in [3.05, 3.63) is 10.4 Å². The number of carbonyl (C=O) groups excluding carboxylic acids is 2. The summed E-state index contributed by atoms with van der Waals surface area (Å²) >= 11 is 0. The van der Waals surface area contributed by atoms with E-state index in [4.69, 9.17) is 10.6 Å². The fourth-order valence-corrected chi connectivity index (χ4v) is 0.849. The van der Waals surface area contributed by atoms with Crippen LogP contribution in [0.5, 0.6) is 0 Å². The van der Waals surface area contributed by atoms with Crippen LogP contribution in [0.25, 0.3) is 10.4 Å². The van der Waals surface area contributed by atoms with Gasteiger partial charge in [-0.05, 0) is 19.4 Å². The third-order valence-corrected chi connectivity index (χ3v) is 1.78. The van der Waals surface area contributed by atoms with Gasteiger partial charge < -0.3 is 15.7 Å². The maximum absolute atomic E-state index is 11.4. The molecule has 0 saturated heterocycles. The zero-order chi connectivity index (χ0) is 13.4. The number of carboxylic acid groups (broad SMARTS) is 1. The summed E-state index contributed by atoms with van der Waals surface area (Å²) in [5.74, 6) is -2.42. The van der Waals surface area contributed by atoms with Gasteiger partial charge in [0.15, 0.2) is 0 Å². The highest BCUT2D eigenvalue weighted by molar-refractivity contribution is 5.90. The fourth-order valence-electron chi connectivity index (χ4n) is 0.849. The predicted molar refractivity (Wildman–Crippen MR) is 56.9 cm³/mol. The van der Waals surface area contributed by atoms with E-state index in [1.807, 2.05) is 0 Å². The van der Waals surface area contributed by atoms with Crippen molar-refractivity contribution in [3.8, 4) is 0 Å². The van der Waals surface area contributed by atoms with Crippen LogP contribution in [-0.2, 0) is 14.4 Å². The van der Waals surface area contributed by atoms with Gasteiger partial charge in [-0.1, -0.05) is 5.11 Å². The van der Waals surface area contributed by atoms with Crippen LogP contribution in [0.2, 0.25) is 0 Å². The first-order valence-corrected chi connectivity index (χ1v) is 4.72. The number of azide groups is 1. The predicted octanol–water partition coefficient (Wildman–Crippen LogP) is -0.609. The second-order valence-electron chi connectivity index (χ2n) is 3.25. The molecule has 0 rings (SSSR count). The van der Waals surface area contributed by atoms with Gasteiger partial charge in [-0.2, -0.15) is 0 Å². The lowest BCUT2D eigenvalue weighted by Gasteiger charge is -2.15. The van der Waals surface area contributed by atoms with E-state index >= 15 is 0 Å². The molecule has 0 aliphatic carbocycles. The standard InChI is InChI=1S/C8H13N5O4/c1-4(11-6(14)3-10-13-9)7(15)12-5(2)8(16)17/h4-5H,3H2,1-2H3,(H,11,14)(H,12,15)(H,16,17)/t4-,5-/m1/s1. The van der Waals surface area contributed by atoms with Crippen molar-refractivity contribution in [2.24, 2.45) is 5.11 Å². The lowest BCUT2D eigenvalue weighted by Crippen LogP contribution is -2.49. The average molecular weight is 243 g/mol. The topological polar surface area (TPSA) is 144 Å². The quantitative estimate of drug-likeness (QED) is 0.324. The van der Waals surface area contributed by atoms with E-state index in [0.717, 1.165) is 0 Å². The first-order chi connectivity index (χ1) is 7.88. The van der Waals surface area contributed by atoms with Gasteiger partial charge in [0.1, 0.15) is 18.6 Å². The minimum Gasteiger partial charge on any atom is -0.480 e. The van der Waals surface area contributed by atoms with Gasteiger partial charge in [0.25, 0.3) is 0 Å². The Morgan fingerprint density at radius 3 is 2.35 bits per heavy atom. The molecule has 0 heterocycles. The molecule has 9 nitrogen and oxygen atoms in total. The van der Waals surface area contributed by atoms with Gasteiger partial charge in [0, 0.05) is 4.91 Å². The fraction of sp³-hybridized carbons (Fsp3) is 0.625. The molecule has 2 atom stereocenters. The molecule has 0 aromatic rings. The largest absolute Gasteiger partial charge is 0.480 e. The molecule has 0 saturated carbocycles. The Labute approximate surface area is 96.8 Å². The van der Waals surface area contributed by atoms with Crippen LogP contribution in [0.15, 0.2) is 5.11 Å². The molecular formula is C8H13N5O4. The number of carbonyl (C=O) groups is 3. The van der Waals surface area contributed by atoms with Crippen molar-refractivity contribution < 1.29 is 19.5 Å². The normalized spacial score (nSPS) is 12.8.